The Hall–Kier alpha value is -2.63. The average Bonchev–Trinajstić information content (AvgIpc) is 3.07. The molecule has 27 heavy (non-hydrogen) atoms. The van der Waals surface area contributed by atoms with Crippen LogP contribution in [0, 0.1) is 13.8 Å². The van der Waals surface area contributed by atoms with Crippen molar-refractivity contribution in [2.24, 2.45) is 0 Å². The summed E-state index contributed by atoms with van der Waals surface area (Å²) in [5.41, 5.74) is 5.85. The fourth-order valence-electron chi connectivity index (χ4n) is 4.46. The van der Waals surface area contributed by atoms with Gasteiger partial charge in [0.05, 0.1) is 12.2 Å². The minimum atomic E-state index is -3.93. The van der Waals surface area contributed by atoms with Gasteiger partial charge in [-0.1, -0.05) is 12.1 Å². The second kappa shape index (κ2) is 5.94. The third-order valence-electron chi connectivity index (χ3n) is 5.39. The first kappa shape index (κ1) is 17.8. The van der Waals surface area contributed by atoms with Crippen molar-refractivity contribution in [3.8, 4) is 5.75 Å². The predicted octanol–water partition coefficient (Wildman–Crippen LogP) is 4.93. The third-order valence-corrected chi connectivity index (χ3v) is 5.39. The van der Waals surface area contributed by atoms with Crippen molar-refractivity contribution in [1.29, 1.82) is 0 Å². The molecule has 0 atom stereocenters. The Morgan fingerprint density at radius 2 is 1.74 bits per heavy atom. The number of halogens is 2. The molecular weight excluding hydrogens is 345 g/mol. The van der Waals surface area contributed by atoms with E-state index in [4.69, 9.17) is 4.74 Å². The number of ether oxygens (including phenoxy) is 1. The molecule has 140 valence electrons. The molecular formula is C21H23BF2N2O. The molecule has 4 rings (SSSR count). The zero-order valence-corrected chi connectivity index (χ0v) is 16.3. The fraction of sp³-hybridized carbons (Fsp3) is 0.286. The van der Waals surface area contributed by atoms with Gasteiger partial charge >= 0.3 is 6.97 Å². The molecule has 2 aromatic rings. The second-order valence-corrected chi connectivity index (χ2v) is 7.30. The molecule has 2 aliphatic rings. The molecule has 0 bridgehead atoms. The van der Waals surface area contributed by atoms with E-state index in [1.165, 1.54) is 8.96 Å². The van der Waals surface area contributed by atoms with Crippen LogP contribution in [0.2, 0.25) is 0 Å². The Morgan fingerprint density at radius 1 is 1.07 bits per heavy atom. The predicted molar refractivity (Wildman–Crippen MR) is 106 cm³/mol. The summed E-state index contributed by atoms with van der Waals surface area (Å²) in [7, 11) is 0. The number of benzene rings is 1. The molecule has 0 N–H and O–H groups in total. The molecule has 3 heterocycles. The standard InChI is InChI=1S/C21H23BF2N2O/c1-6-27-18-9-7-17(8-10-18)19-20-13(2)11-15(4)25(20)22(23,24)26-16(5)12-14(3)21(19)26/h7-12H,6H2,1-5H3. The Balaban J connectivity index is 2.05. The van der Waals surface area contributed by atoms with E-state index in [1.54, 1.807) is 13.8 Å². The molecule has 0 aliphatic carbocycles. The van der Waals surface area contributed by atoms with Gasteiger partial charge in [0.15, 0.2) is 5.70 Å². The largest absolute Gasteiger partial charge is 0.737 e. The lowest BCUT2D eigenvalue weighted by Gasteiger charge is -2.34. The summed E-state index contributed by atoms with van der Waals surface area (Å²) in [4.78, 5) is 0. The summed E-state index contributed by atoms with van der Waals surface area (Å²) in [6.07, 6.45) is 1.84. The molecule has 0 amide bonds. The van der Waals surface area contributed by atoms with Crippen LogP contribution in [0.25, 0.3) is 5.57 Å². The Bertz CT molecular complexity index is 1040. The van der Waals surface area contributed by atoms with E-state index in [9.17, 15) is 0 Å². The molecule has 0 unspecified atom stereocenters. The fourth-order valence-corrected chi connectivity index (χ4v) is 4.46. The first-order valence-corrected chi connectivity index (χ1v) is 9.27. The minimum absolute atomic E-state index is 0.576. The molecule has 1 aromatic heterocycles. The molecule has 1 aromatic carbocycles. The maximum atomic E-state index is 15.5. The number of hydrogen-bond donors (Lipinski definition) is 0. The zero-order chi connectivity index (χ0) is 19.5. The van der Waals surface area contributed by atoms with Crippen LogP contribution in [-0.2, 0) is 0 Å². The van der Waals surface area contributed by atoms with Gasteiger partial charge in [0, 0.05) is 24.3 Å². The number of rotatable bonds is 3. The van der Waals surface area contributed by atoms with Crippen molar-refractivity contribution in [3.63, 3.8) is 0 Å². The van der Waals surface area contributed by atoms with Crippen LogP contribution in [-0.4, -0.2) is 28.3 Å². The van der Waals surface area contributed by atoms with Crippen molar-refractivity contribution in [1.82, 2.24) is 4.48 Å². The summed E-state index contributed by atoms with van der Waals surface area (Å²) < 4.78 is 39.1. The lowest BCUT2D eigenvalue weighted by molar-refractivity contribution is -0.363. The van der Waals surface area contributed by atoms with Crippen LogP contribution in [0.15, 0.2) is 47.7 Å². The average molecular weight is 368 g/mol. The van der Waals surface area contributed by atoms with Gasteiger partial charge in [0.2, 0.25) is 0 Å². The topological polar surface area (TPSA) is 17.2 Å². The SMILES string of the molecule is CCOc1ccc(C2=C3C(C)=CC(C)=[N+]3[B-](F)(F)n3c(C)cc(C)c32)cc1. The quantitative estimate of drug-likeness (QED) is 0.702. The third kappa shape index (κ3) is 2.42. The van der Waals surface area contributed by atoms with E-state index in [0.717, 1.165) is 28.0 Å². The van der Waals surface area contributed by atoms with Gasteiger partial charge in [-0.3, -0.25) is 0 Å². The second-order valence-electron chi connectivity index (χ2n) is 7.30. The molecule has 2 aliphatic heterocycles. The van der Waals surface area contributed by atoms with Crippen molar-refractivity contribution in [2.75, 3.05) is 6.61 Å². The van der Waals surface area contributed by atoms with Crippen LogP contribution in [0.4, 0.5) is 8.63 Å². The normalized spacial score (nSPS) is 17.8. The summed E-state index contributed by atoms with van der Waals surface area (Å²) in [5.74, 6) is 0.777. The number of hydrogen-bond acceptors (Lipinski definition) is 1. The summed E-state index contributed by atoms with van der Waals surface area (Å²) in [5, 5.41) is 0. The highest BCUT2D eigenvalue weighted by atomic mass is 19.2. The molecule has 6 heteroatoms. The summed E-state index contributed by atoms with van der Waals surface area (Å²) in [6.45, 7) is 5.90. The number of nitrogens with zero attached hydrogens (tertiary/aromatic N) is 2. The number of aromatic nitrogens is 1. The molecule has 0 spiro atoms. The van der Waals surface area contributed by atoms with E-state index in [1.807, 2.05) is 57.2 Å². The molecule has 0 fully saturated rings. The number of aryl methyl sites for hydroxylation is 2. The highest BCUT2D eigenvalue weighted by Gasteiger charge is 2.55. The Morgan fingerprint density at radius 3 is 2.37 bits per heavy atom. The first-order chi connectivity index (χ1) is 12.8. The van der Waals surface area contributed by atoms with Crippen molar-refractivity contribution in [3.05, 3.63) is 70.2 Å². The maximum Gasteiger partial charge on any atom is 0.737 e. The van der Waals surface area contributed by atoms with Crippen molar-refractivity contribution < 1.29 is 17.9 Å². The monoisotopic (exact) mass is 368 g/mol. The number of fused-ring (bicyclic) bond motifs is 2. The maximum absolute atomic E-state index is 15.5. The lowest BCUT2D eigenvalue weighted by Crippen LogP contribution is -2.51. The molecule has 0 radical (unpaired) electrons. The van der Waals surface area contributed by atoms with Gasteiger partial charge in [-0.15, -0.1) is 0 Å². The van der Waals surface area contributed by atoms with Crippen LogP contribution >= 0.6 is 0 Å². The highest BCUT2D eigenvalue weighted by Crippen LogP contribution is 2.44. The van der Waals surface area contributed by atoms with Crippen LogP contribution in [0.3, 0.4) is 0 Å². The van der Waals surface area contributed by atoms with E-state index in [2.05, 4.69) is 0 Å². The highest BCUT2D eigenvalue weighted by molar-refractivity contribution is 6.58. The smallest absolute Gasteiger partial charge is 0.494 e. The van der Waals surface area contributed by atoms with Gasteiger partial charge in [-0.25, -0.2) is 0 Å². The van der Waals surface area contributed by atoms with E-state index in [0.29, 0.717) is 29.4 Å². The van der Waals surface area contributed by atoms with E-state index in [-0.39, 0.29) is 0 Å². The van der Waals surface area contributed by atoms with Crippen LogP contribution in [0.1, 0.15) is 43.3 Å². The van der Waals surface area contributed by atoms with Gasteiger partial charge in [0.1, 0.15) is 11.5 Å². The van der Waals surface area contributed by atoms with E-state index >= 15 is 8.63 Å². The van der Waals surface area contributed by atoms with Crippen LogP contribution in [0.5, 0.6) is 5.75 Å². The van der Waals surface area contributed by atoms with Gasteiger partial charge in [-0.2, -0.15) is 0 Å². The van der Waals surface area contributed by atoms with Gasteiger partial charge in [0.25, 0.3) is 0 Å². The Labute approximate surface area is 158 Å². The zero-order valence-electron chi connectivity index (χ0n) is 16.3. The summed E-state index contributed by atoms with van der Waals surface area (Å²) >= 11 is 0. The number of allylic oxidation sites excluding steroid dienone is 2. The van der Waals surface area contributed by atoms with Crippen LogP contribution < -0.4 is 4.74 Å². The lowest BCUT2D eigenvalue weighted by atomic mass is 9.84. The van der Waals surface area contributed by atoms with E-state index < -0.39 is 6.97 Å². The Kier molecular flexibility index (Phi) is 3.91. The summed E-state index contributed by atoms with van der Waals surface area (Å²) in [6, 6.07) is 9.55. The first-order valence-electron chi connectivity index (χ1n) is 9.27. The van der Waals surface area contributed by atoms with Crippen molar-refractivity contribution in [2.45, 2.75) is 34.6 Å². The van der Waals surface area contributed by atoms with Gasteiger partial charge in [-0.05, 0) is 62.7 Å². The van der Waals surface area contributed by atoms with Gasteiger partial charge < -0.3 is 22.3 Å². The minimum Gasteiger partial charge on any atom is -0.494 e. The molecule has 0 saturated heterocycles. The molecule has 3 nitrogen and oxygen atoms in total. The molecule has 0 saturated carbocycles. The van der Waals surface area contributed by atoms with Crippen molar-refractivity contribution >= 4 is 18.3 Å².